The number of hydrogen-bond acceptors (Lipinski definition) is 4. The molecule has 3 heterocycles. The quantitative estimate of drug-likeness (QED) is 0.284. The zero-order valence-electron chi connectivity index (χ0n) is 22.7. The van der Waals surface area contributed by atoms with Gasteiger partial charge in [-0.3, -0.25) is 0 Å². The van der Waals surface area contributed by atoms with Crippen LogP contribution >= 0.6 is 0 Å². The molecule has 0 amide bonds. The van der Waals surface area contributed by atoms with E-state index in [-0.39, 0.29) is 0 Å². The zero-order valence-corrected chi connectivity index (χ0v) is 22.7. The summed E-state index contributed by atoms with van der Waals surface area (Å²) in [5, 5.41) is 2.49. The van der Waals surface area contributed by atoms with Crippen LogP contribution < -0.4 is 14.5 Å². The van der Waals surface area contributed by atoms with Crippen LogP contribution in [0.4, 0.5) is 11.4 Å². The molecule has 1 unspecified atom stereocenters. The summed E-state index contributed by atoms with van der Waals surface area (Å²) in [7, 11) is 0. The highest BCUT2D eigenvalue weighted by Gasteiger charge is 2.38. The van der Waals surface area contributed by atoms with Crippen molar-refractivity contribution in [3.05, 3.63) is 107 Å². The third-order valence-corrected chi connectivity index (χ3v) is 8.63. The van der Waals surface area contributed by atoms with Gasteiger partial charge in [0, 0.05) is 65.7 Å². The second-order valence-electron chi connectivity index (χ2n) is 11.1. The van der Waals surface area contributed by atoms with E-state index in [1.54, 1.807) is 0 Å². The Hall–Kier alpha value is -3.76. The summed E-state index contributed by atoms with van der Waals surface area (Å²) in [4.78, 5) is 4.95. The van der Waals surface area contributed by atoms with Crippen LogP contribution in [0.15, 0.2) is 84.9 Å². The summed E-state index contributed by atoms with van der Waals surface area (Å²) >= 11 is 0. The molecule has 3 aliphatic rings. The summed E-state index contributed by atoms with van der Waals surface area (Å²) in [5.41, 5.74) is 6.51. The van der Waals surface area contributed by atoms with Gasteiger partial charge in [0.1, 0.15) is 5.75 Å². The molecule has 0 spiro atoms. The van der Waals surface area contributed by atoms with E-state index in [1.165, 1.54) is 47.0 Å². The Kier molecular flexibility index (Phi) is 6.28. The highest BCUT2D eigenvalue weighted by molar-refractivity contribution is 6.02. The SMILES string of the molecule is Cc1ccc(C2(c3ccc(N4CCCCC4)cc3)C=Cc3c(cc(N4CCOCC4)c4ccccc34)O2)cc1. The van der Waals surface area contributed by atoms with E-state index < -0.39 is 5.60 Å². The van der Waals surface area contributed by atoms with Gasteiger partial charge < -0.3 is 19.3 Å². The van der Waals surface area contributed by atoms with Crippen molar-refractivity contribution < 1.29 is 9.47 Å². The largest absolute Gasteiger partial charge is 0.473 e. The molecule has 4 heteroatoms. The van der Waals surface area contributed by atoms with Crippen molar-refractivity contribution in [3.63, 3.8) is 0 Å². The summed E-state index contributed by atoms with van der Waals surface area (Å²) in [6.07, 6.45) is 8.43. The van der Waals surface area contributed by atoms with Crippen molar-refractivity contribution in [3.8, 4) is 5.75 Å². The van der Waals surface area contributed by atoms with E-state index >= 15 is 0 Å². The predicted octanol–water partition coefficient (Wildman–Crippen LogP) is 7.32. The Morgan fingerprint density at radius 2 is 1.36 bits per heavy atom. The van der Waals surface area contributed by atoms with E-state index in [4.69, 9.17) is 9.47 Å². The monoisotopic (exact) mass is 516 g/mol. The first-order valence-electron chi connectivity index (χ1n) is 14.4. The summed E-state index contributed by atoms with van der Waals surface area (Å²) in [6, 6.07) is 28.9. The summed E-state index contributed by atoms with van der Waals surface area (Å²) < 4.78 is 12.9. The fraction of sp³-hybridized carbons (Fsp3) is 0.314. The number of benzene rings is 4. The Bertz CT molecular complexity index is 1500. The maximum atomic E-state index is 7.20. The van der Waals surface area contributed by atoms with Crippen molar-refractivity contribution in [1.29, 1.82) is 0 Å². The highest BCUT2D eigenvalue weighted by atomic mass is 16.5. The normalized spacial score (nSPS) is 21.1. The van der Waals surface area contributed by atoms with E-state index in [2.05, 4.69) is 108 Å². The highest BCUT2D eigenvalue weighted by Crippen LogP contribution is 2.47. The lowest BCUT2D eigenvalue weighted by molar-refractivity contribution is 0.122. The maximum Gasteiger partial charge on any atom is 0.178 e. The third-order valence-electron chi connectivity index (χ3n) is 8.63. The summed E-state index contributed by atoms with van der Waals surface area (Å²) in [6.45, 7) is 7.70. The smallest absolute Gasteiger partial charge is 0.178 e. The van der Waals surface area contributed by atoms with E-state index in [0.29, 0.717) is 0 Å². The number of anilines is 2. The molecular weight excluding hydrogens is 480 g/mol. The lowest BCUT2D eigenvalue weighted by atomic mass is 9.82. The average molecular weight is 517 g/mol. The molecule has 2 saturated heterocycles. The molecule has 7 rings (SSSR count). The maximum absolute atomic E-state index is 7.20. The molecule has 0 N–H and O–H groups in total. The standard InChI is InChI=1S/C35H36N2O2/c1-26-9-11-27(12-10-26)35(28-13-15-29(16-14-28)36-19-5-2-6-20-36)18-17-32-30-7-3-4-8-31(30)33(25-34(32)39-35)37-21-23-38-24-22-37/h3-4,7-18,25H,2,5-6,19-24H2,1H3. The van der Waals surface area contributed by atoms with Gasteiger partial charge in [0.15, 0.2) is 5.60 Å². The Labute approximate surface area is 231 Å². The number of morpholine rings is 1. The lowest BCUT2D eigenvalue weighted by Crippen LogP contribution is -2.37. The number of piperidine rings is 1. The van der Waals surface area contributed by atoms with Crippen molar-refractivity contribution >= 4 is 28.2 Å². The molecule has 4 nitrogen and oxygen atoms in total. The molecule has 3 aliphatic heterocycles. The first-order chi connectivity index (χ1) is 19.2. The topological polar surface area (TPSA) is 24.9 Å². The molecule has 2 fully saturated rings. The van der Waals surface area contributed by atoms with Crippen LogP contribution in [0.1, 0.15) is 41.5 Å². The zero-order chi connectivity index (χ0) is 26.2. The summed E-state index contributed by atoms with van der Waals surface area (Å²) in [5.74, 6) is 0.929. The van der Waals surface area contributed by atoms with Crippen LogP contribution in [0.25, 0.3) is 16.8 Å². The van der Waals surface area contributed by atoms with Gasteiger partial charge in [-0.1, -0.05) is 66.2 Å². The van der Waals surface area contributed by atoms with Gasteiger partial charge in [-0.25, -0.2) is 0 Å². The minimum atomic E-state index is -0.703. The number of hydrogen-bond donors (Lipinski definition) is 0. The predicted molar refractivity (Wildman–Crippen MR) is 161 cm³/mol. The number of ether oxygens (including phenoxy) is 2. The molecule has 4 aromatic carbocycles. The number of aryl methyl sites for hydroxylation is 1. The van der Waals surface area contributed by atoms with Crippen LogP contribution in [0.3, 0.4) is 0 Å². The first kappa shape index (κ1) is 24.3. The molecule has 0 aromatic heterocycles. The third kappa shape index (κ3) is 4.37. The van der Waals surface area contributed by atoms with E-state index in [9.17, 15) is 0 Å². The molecule has 0 aliphatic carbocycles. The minimum absolute atomic E-state index is 0.703. The number of fused-ring (bicyclic) bond motifs is 3. The van der Waals surface area contributed by atoms with Crippen LogP contribution in [0.5, 0.6) is 5.75 Å². The Morgan fingerprint density at radius 3 is 2.08 bits per heavy atom. The van der Waals surface area contributed by atoms with Crippen LogP contribution in [0.2, 0.25) is 0 Å². The van der Waals surface area contributed by atoms with Gasteiger partial charge in [-0.15, -0.1) is 0 Å². The van der Waals surface area contributed by atoms with Crippen molar-refractivity contribution in [1.82, 2.24) is 0 Å². The molecule has 1 atom stereocenters. The van der Waals surface area contributed by atoms with Crippen molar-refractivity contribution in [2.24, 2.45) is 0 Å². The van der Waals surface area contributed by atoms with E-state index in [1.807, 2.05) is 0 Å². The van der Waals surface area contributed by atoms with E-state index in [0.717, 1.165) is 61.8 Å². The molecule has 0 radical (unpaired) electrons. The van der Waals surface area contributed by atoms with Gasteiger partial charge in [0.25, 0.3) is 0 Å². The molecule has 0 bridgehead atoms. The fourth-order valence-corrected chi connectivity index (χ4v) is 6.43. The minimum Gasteiger partial charge on any atom is -0.473 e. The van der Waals surface area contributed by atoms with Crippen LogP contribution in [-0.2, 0) is 10.3 Å². The molecule has 0 saturated carbocycles. The molecule has 39 heavy (non-hydrogen) atoms. The number of nitrogens with zero attached hydrogens (tertiary/aromatic N) is 2. The Balaban J connectivity index is 1.35. The van der Waals surface area contributed by atoms with Crippen molar-refractivity contribution in [2.75, 3.05) is 49.2 Å². The fourth-order valence-electron chi connectivity index (χ4n) is 6.43. The second kappa shape index (κ2) is 10.1. The first-order valence-corrected chi connectivity index (χ1v) is 14.4. The van der Waals surface area contributed by atoms with Crippen molar-refractivity contribution in [2.45, 2.75) is 31.8 Å². The van der Waals surface area contributed by atoms with Gasteiger partial charge in [-0.05, 0) is 55.9 Å². The van der Waals surface area contributed by atoms with Gasteiger partial charge in [0.05, 0.1) is 13.2 Å². The molecule has 198 valence electrons. The Morgan fingerprint density at radius 1 is 0.692 bits per heavy atom. The van der Waals surface area contributed by atoms with Gasteiger partial charge >= 0.3 is 0 Å². The second-order valence-corrected chi connectivity index (χ2v) is 11.1. The van der Waals surface area contributed by atoms with Crippen LogP contribution in [0, 0.1) is 6.92 Å². The number of rotatable bonds is 4. The van der Waals surface area contributed by atoms with Gasteiger partial charge in [0.2, 0.25) is 0 Å². The average Bonchev–Trinajstić information content (AvgIpc) is 3.01. The van der Waals surface area contributed by atoms with Crippen LogP contribution in [-0.4, -0.2) is 39.4 Å². The molecular formula is C35H36N2O2. The lowest BCUT2D eigenvalue weighted by Gasteiger charge is -2.38. The molecule has 4 aromatic rings. The van der Waals surface area contributed by atoms with Gasteiger partial charge in [-0.2, -0.15) is 0 Å².